The third-order valence-electron chi connectivity index (χ3n) is 3.65. The molecule has 1 saturated heterocycles. The quantitative estimate of drug-likeness (QED) is 0.645. The predicted molar refractivity (Wildman–Crippen MR) is 85.9 cm³/mol. The van der Waals surface area contributed by atoms with Crippen molar-refractivity contribution < 1.29 is 13.3 Å². The van der Waals surface area contributed by atoms with Gasteiger partial charge in [-0.05, 0) is 31.9 Å². The van der Waals surface area contributed by atoms with Crippen LogP contribution in [0.1, 0.15) is 13.3 Å². The van der Waals surface area contributed by atoms with Crippen LogP contribution >= 0.6 is 24.0 Å². The van der Waals surface area contributed by atoms with Gasteiger partial charge in [0.2, 0.25) is 10.0 Å². The number of nitrogens with two attached hydrogens (primary N) is 1. The molecule has 7 nitrogen and oxygen atoms in total. The van der Waals surface area contributed by atoms with E-state index in [1.54, 1.807) is 0 Å². The van der Waals surface area contributed by atoms with Crippen molar-refractivity contribution >= 4 is 39.7 Å². The van der Waals surface area contributed by atoms with Gasteiger partial charge in [-0.2, -0.15) is 4.31 Å². The zero-order valence-electron chi connectivity index (χ0n) is 11.8. The highest BCUT2D eigenvalue weighted by Crippen LogP contribution is 2.33. The minimum atomic E-state index is -3.78. The Morgan fingerprint density at radius 3 is 2.59 bits per heavy atom. The zero-order valence-corrected chi connectivity index (χ0v) is 14.2. The van der Waals surface area contributed by atoms with Crippen LogP contribution < -0.4 is 5.73 Å². The monoisotopic (exact) mass is 369 g/mol. The average molecular weight is 370 g/mol. The van der Waals surface area contributed by atoms with Crippen molar-refractivity contribution in [3.8, 4) is 0 Å². The minimum absolute atomic E-state index is 0. The fraction of sp³-hybridized carbons (Fsp3) is 0.500. The van der Waals surface area contributed by atoms with Gasteiger partial charge in [-0.25, -0.2) is 8.42 Å². The summed E-state index contributed by atoms with van der Waals surface area (Å²) >= 11 is 5.92. The van der Waals surface area contributed by atoms with Crippen molar-refractivity contribution in [2.75, 3.05) is 13.1 Å². The smallest absolute Gasteiger partial charge is 0.271 e. The minimum Gasteiger partial charge on any atom is -0.330 e. The summed E-state index contributed by atoms with van der Waals surface area (Å²) in [5.74, 6) is 0.117. The Bertz CT molecular complexity index is 668. The molecule has 1 aliphatic heterocycles. The van der Waals surface area contributed by atoms with Crippen LogP contribution in [-0.4, -0.2) is 36.8 Å². The maximum absolute atomic E-state index is 12.6. The molecule has 1 fully saturated rings. The Balaban J connectivity index is 0.00000242. The fourth-order valence-electron chi connectivity index (χ4n) is 2.55. The molecule has 2 unspecified atom stereocenters. The number of nitrogens with zero attached hydrogens (tertiary/aromatic N) is 2. The van der Waals surface area contributed by atoms with Gasteiger partial charge >= 0.3 is 0 Å². The van der Waals surface area contributed by atoms with E-state index in [9.17, 15) is 18.5 Å². The van der Waals surface area contributed by atoms with E-state index in [-0.39, 0.29) is 40.0 Å². The molecule has 2 atom stereocenters. The van der Waals surface area contributed by atoms with Crippen molar-refractivity contribution in [3.05, 3.63) is 33.3 Å². The highest BCUT2D eigenvalue weighted by Gasteiger charge is 2.38. The van der Waals surface area contributed by atoms with Gasteiger partial charge < -0.3 is 5.73 Å². The second kappa shape index (κ2) is 7.10. The molecular weight excluding hydrogens is 353 g/mol. The van der Waals surface area contributed by atoms with E-state index in [2.05, 4.69) is 0 Å². The molecule has 1 aromatic rings. The molecule has 22 heavy (non-hydrogen) atoms. The maximum Gasteiger partial charge on any atom is 0.271 e. The Morgan fingerprint density at radius 1 is 1.50 bits per heavy atom. The first kappa shape index (κ1) is 19.1. The lowest BCUT2D eigenvalue weighted by Crippen LogP contribution is -2.34. The molecule has 1 heterocycles. The highest BCUT2D eigenvalue weighted by molar-refractivity contribution is 7.89. The van der Waals surface area contributed by atoms with Crippen molar-refractivity contribution in [1.82, 2.24) is 4.31 Å². The first-order valence-electron chi connectivity index (χ1n) is 6.43. The van der Waals surface area contributed by atoms with Gasteiger partial charge in [0.1, 0.15) is 4.90 Å². The highest BCUT2D eigenvalue weighted by atomic mass is 35.5. The molecular formula is C12H17Cl2N3O4S. The molecule has 1 aliphatic rings. The number of nitro benzene ring substituents is 1. The van der Waals surface area contributed by atoms with Gasteiger partial charge in [0.15, 0.2) is 0 Å². The van der Waals surface area contributed by atoms with Gasteiger partial charge in [-0.3, -0.25) is 10.1 Å². The number of halogens is 2. The maximum atomic E-state index is 12.6. The van der Waals surface area contributed by atoms with E-state index in [4.69, 9.17) is 17.3 Å². The summed E-state index contributed by atoms with van der Waals surface area (Å²) in [5, 5.41) is 10.5. The van der Waals surface area contributed by atoms with Crippen LogP contribution in [0.3, 0.4) is 0 Å². The Kier molecular flexibility index (Phi) is 6.17. The summed E-state index contributed by atoms with van der Waals surface area (Å²) in [4.78, 5) is 9.95. The lowest BCUT2D eigenvalue weighted by Gasteiger charge is -2.21. The standard InChI is InChI=1S/C12H16ClN3O4S.ClH/c1-8-4-9(6-14)7-15(8)21(19,20)12-3-2-10(16(17)18)5-11(12)13;/h2-3,5,8-9H,4,6-7,14H2,1H3;1H. The molecule has 0 aliphatic carbocycles. The number of benzene rings is 1. The summed E-state index contributed by atoms with van der Waals surface area (Å²) in [6, 6.07) is 3.20. The predicted octanol–water partition coefficient (Wildman–Crippen LogP) is 2.03. The Hall–Kier alpha value is -0.930. The third-order valence-corrected chi connectivity index (χ3v) is 6.11. The van der Waals surface area contributed by atoms with E-state index in [0.29, 0.717) is 19.5 Å². The number of hydrogen-bond donors (Lipinski definition) is 1. The fourth-order valence-corrected chi connectivity index (χ4v) is 4.79. The lowest BCUT2D eigenvalue weighted by atomic mass is 10.1. The SMILES string of the molecule is CC1CC(CN)CN1S(=O)(=O)c1ccc([N+](=O)[O-])cc1Cl.Cl. The van der Waals surface area contributed by atoms with E-state index in [0.717, 1.165) is 12.1 Å². The summed E-state index contributed by atoms with van der Waals surface area (Å²) < 4.78 is 26.6. The van der Waals surface area contributed by atoms with Gasteiger partial charge in [0.05, 0.1) is 9.95 Å². The van der Waals surface area contributed by atoms with Crippen LogP contribution in [0.25, 0.3) is 0 Å². The third kappa shape index (κ3) is 3.52. The largest absolute Gasteiger partial charge is 0.330 e. The first-order valence-corrected chi connectivity index (χ1v) is 8.25. The molecule has 0 radical (unpaired) electrons. The van der Waals surface area contributed by atoms with Gasteiger partial charge in [-0.1, -0.05) is 11.6 Å². The Morgan fingerprint density at radius 2 is 2.14 bits per heavy atom. The molecule has 1 aromatic carbocycles. The van der Waals surface area contributed by atoms with Crippen LogP contribution in [0, 0.1) is 16.0 Å². The topological polar surface area (TPSA) is 107 Å². The number of hydrogen-bond acceptors (Lipinski definition) is 5. The van der Waals surface area contributed by atoms with E-state index >= 15 is 0 Å². The van der Waals surface area contributed by atoms with Crippen molar-refractivity contribution in [2.45, 2.75) is 24.3 Å². The van der Waals surface area contributed by atoms with Crippen LogP contribution in [0.2, 0.25) is 5.02 Å². The van der Waals surface area contributed by atoms with E-state index < -0.39 is 14.9 Å². The number of nitro groups is 1. The molecule has 0 saturated carbocycles. The zero-order chi connectivity index (χ0) is 15.8. The summed E-state index contributed by atoms with van der Waals surface area (Å²) in [6.45, 7) is 2.57. The van der Waals surface area contributed by atoms with Crippen LogP contribution in [0.4, 0.5) is 5.69 Å². The van der Waals surface area contributed by atoms with Crippen molar-refractivity contribution in [2.24, 2.45) is 11.7 Å². The molecule has 0 amide bonds. The average Bonchev–Trinajstić information content (AvgIpc) is 2.80. The molecule has 0 spiro atoms. The normalized spacial score (nSPS) is 22.3. The Labute approximate surface area is 140 Å². The number of rotatable bonds is 4. The lowest BCUT2D eigenvalue weighted by molar-refractivity contribution is -0.384. The summed E-state index contributed by atoms with van der Waals surface area (Å²) in [6.07, 6.45) is 0.695. The molecule has 124 valence electrons. The summed E-state index contributed by atoms with van der Waals surface area (Å²) in [5.41, 5.74) is 5.36. The summed E-state index contributed by atoms with van der Waals surface area (Å²) in [7, 11) is -3.78. The van der Waals surface area contributed by atoms with E-state index in [1.165, 1.54) is 10.4 Å². The second-order valence-electron chi connectivity index (χ2n) is 5.13. The number of sulfonamides is 1. The van der Waals surface area contributed by atoms with Crippen molar-refractivity contribution in [3.63, 3.8) is 0 Å². The van der Waals surface area contributed by atoms with Crippen molar-refractivity contribution in [1.29, 1.82) is 0 Å². The molecule has 10 heteroatoms. The second-order valence-corrected chi connectivity index (χ2v) is 7.40. The van der Waals surface area contributed by atoms with Crippen LogP contribution in [-0.2, 0) is 10.0 Å². The van der Waals surface area contributed by atoms with Gasteiger partial charge in [-0.15, -0.1) is 12.4 Å². The van der Waals surface area contributed by atoms with Crippen LogP contribution in [0.5, 0.6) is 0 Å². The molecule has 0 bridgehead atoms. The van der Waals surface area contributed by atoms with Gasteiger partial charge in [0, 0.05) is 24.7 Å². The molecule has 0 aromatic heterocycles. The van der Waals surface area contributed by atoms with Gasteiger partial charge in [0.25, 0.3) is 5.69 Å². The first-order chi connectivity index (χ1) is 9.77. The van der Waals surface area contributed by atoms with Crippen LogP contribution in [0.15, 0.2) is 23.1 Å². The number of non-ortho nitro benzene ring substituents is 1. The van der Waals surface area contributed by atoms with E-state index in [1.807, 2.05) is 6.92 Å². The molecule has 2 rings (SSSR count). The molecule has 2 N–H and O–H groups in total.